The lowest BCUT2D eigenvalue weighted by Crippen LogP contribution is -2.33. The Balaban J connectivity index is 1.65. The summed E-state index contributed by atoms with van der Waals surface area (Å²) in [5.74, 6) is 1.69. The molecular weight excluding hydrogens is 206 g/mol. The lowest BCUT2D eigenvalue weighted by molar-refractivity contribution is 0.367. The van der Waals surface area contributed by atoms with Gasteiger partial charge in [0.05, 0.1) is 0 Å². The molecule has 1 heteroatoms. The van der Waals surface area contributed by atoms with E-state index in [4.69, 9.17) is 0 Å². The van der Waals surface area contributed by atoms with Gasteiger partial charge in [-0.1, -0.05) is 38.1 Å². The van der Waals surface area contributed by atoms with Crippen LogP contribution in [0.25, 0.3) is 0 Å². The summed E-state index contributed by atoms with van der Waals surface area (Å²) in [6, 6.07) is 9.65. The van der Waals surface area contributed by atoms with E-state index >= 15 is 0 Å². The molecule has 0 aliphatic heterocycles. The first-order valence-electron chi connectivity index (χ1n) is 6.87. The van der Waals surface area contributed by atoms with Gasteiger partial charge in [0.15, 0.2) is 0 Å². The highest BCUT2D eigenvalue weighted by Gasteiger charge is 2.50. The van der Waals surface area contributed by atoms with E-state index in [1.165, 1.54) is 19.3 Å². The molecule has 3 rings (SSSR count). The molecule has 0 bridgehead atoms. The van der Waals surface area contributed by atoms with Gasteiger partial charge in [-0.3, -0.25) is 0 Å². The quantitative estimate of drug-likeness (QED) is 0.835. The monoisotopic (exact) mass is 229 g/mol. The zero-order valence-electron chi connectivity index (χ0n) is 11.2. The van der Waals surface area contributed by atoms with E-state index in [0.29, 0.717) is 11.5 Å². The average molecular weight is 229 g/mol. The molecule has 0 aromatic heterocycles. The second-order valence-corrected chi connectivity index (χ2v) is 6.53. The molecule has 1 saturated carbocycles. The molecule has 1 N–H and O–H groups in total. The Labute approximate surface area is 105 Å². The Kier molecular flexibility index (Phi) is 2.55. The second kappa shape index (κ2) is 3.84. The van der Waals surface area contributed by atoms with Crippen LogP contribution in [0.1, 0.15) is 43.7 Å². The van der Waals surface area contributed by atoms with Crippen LogP contribution in [0.15, 0.2) is 24.3 Å². The SMILES string of the molecule is CNC(CC1Cc2ccccc21)C1CC1(C)C. The van der Waals surface area contributed by atoms with Gasteiger partial charge in [-0.25, -0.2) is 0 Å². The van der Waals surface area contributed by atoms with Crippen LogP contribution in [-0.2, 0) is 6.42 Å². The molecule has 1 aromatic rings. The van der Waals surface area contributed by atoms with E-state index in [9.17, 15) is 0 Å². The number of hydrogen-bond donors (Lipinski definition) is 1. The summed E-state index contributed by atoms with van der Waals surface area (Å²) in [7, 11) is 2.13. The predicted molar refractivity (Wildman–Crippen MR) is 72.2 cm³/mol. The molecule has 17 heavy (non-hydrogen) atoms. The molecule has 0 saturated heterocycles. The number of hydrogen-bond acceptors (Lipinski definition) is 1. The van der Waals surface area contributed by atoms with Crippen molar-refractivity contribution in [2.24, 2.45) is 11.3 Å². The molecule has 1 nitrogen and oxygen atoms in total. The van der Waals surface area contributed by atoms with Crippen molar-refractivity contribution in [3.63, 3.8) is 0 Å². The van der Waals surface area contributed by atoms with E-state index in [0.717, 1.165) is 11.8 Å². The third-order valence-electron chi connectivity index (χ3n) is 4.95. The van der Waals surface area contributed by atoms with Crippen molar-refractivity contribution in [1.82, 2.24) is 5.32 Å². The minimum atomic E-state index is 0.580. The maximum absolute atomic E-state index is 3.55. The van der Waals surface area contributed by atoms with Crippen molar-refractivity contribution in [2.75, 3.05) is 7.05 Å². The summed E-state index contributed by atoms with van der Waals surface area (Å²) in [5.41, 5.74) is 3.75. The average Bonchev–Trinajstić information content (AvgIpc) is 2.90. The van der Waals surface area contributed by atoms with Crippen molar-refractivity contribution in [1.29, 1.82) is 0 Å². The number of rotatable bonds is 4. The molecular formula is C16H23N. The summed E-state index contributed by atoms with van der Waals surface area (Å²) in [5, 5.41) is 3.55. The minimum Gasteiger partial charge on any atom is -0.317 e. The largest absolute Gasteiger partial charge is 0.317 e. The first-order chi connectivity index (χ1) is 8.12. The summed E-state index contributed by atoms with van der Waals surface area (Å²) in [4.78, 5) is 0. The zero-order valence-corrected chi connectivity index (χ0v) is 11.2. The Hall–Kier alpha value is -0.820. The zero-order chi connectivity index (χ0) is 12.0. The van der Waals surface area contributed by atoms with Crippen molar-refractivity contribution < 1.29 is 0 Å². The molecule has 3 atom stereocenters. The molecule has 92 valence electrons. The van der Waals surface area contributed by atoms with Crippen LogP contribution >= 0.6 is 0 Å². The van der Waals surface area contributed by atoms with Gasteiger partial charge in [0.2, 0.25) is 0 Å². The van der Waals surface area contributed by atoms with Crippen LogP contribution in [0.4, 0.5) is 0 Å². The third-order valence-corrected chi connectivity index (χ3v) is 4.95. The fourth-order valence-electron chi connectivity index (χ4n) is 3.56. The minimum absolute atomic E-state index is 0.580. The Morgan fingerprint density at radius 2 is 2.06 bits per heavy atom. The third kappa shape index (κ3) is 1.91. The molecule has 0 heterocycles. The van der Waals surface area contributed by atoms with Gasteiger partial charge in [0, 0.05) is 6.04 Å². The highest BCUT2D eigenvalue weighted by molar-refractivity contribution is 5.40. The van der Waals surface area contributed by atoms with Crippen LogP contribution in [-0.4, -0.2) is 13.1 Å². The maximum Gasteiger partial charge on any atom is 0.0104 e. The molecule has 2 aliphatic carbocycles. The molecule has 0 radical (unpaired) electrons. The lowest BCUT2D eigenvalue weighted by atomic mass is 9.73. The maximum atomic E-state index is 3.55. The van der Waals surface area contributed by atoms with Crippen LogP contribution in [0.2, 0.25) is 0 Å². The van der Waals surface area contributed by atoms with Crippen molar-refractivity contribution in [3.8, 4) is 0 Å². The van der Waals surface area contributed by atoms with E-state index in [-0.39, 0.29) is 0 Å². The van der Waals surface area contributed by atoms with E-state index in [1.807, 2.05) is 0 Å². The smallest absolute Gasteiger partial charge is 0.0104 e. The number of fused-ring (bicyclic) bond motifs is 1. The first-order valence-corrected chi connectivity index (χ1v) is 6.87. The summed E-state index contributed by atoms with van der Waals surface area (Å²) in [6.07, 6.45) is 4.01. The summed E-state index contributed by atoms with van der Waals surface area (Å²) in [6.45, 7) is 4.80. The molecule has 2 aliphatic rings. The van der Waals surface area contributed by atoms with E-state index < -0.39 is 0 Å². The van der Waals surface area contributed by atoms with Crippen LogP contribution < -0.4 is 5.32 Å². The molecule has 3 unspecified atom stereocenters. The van der Waals surface area contributed by atoms with Gasteiger partial charge in [-0.2, -0.15) is 0 Å². The van der Waals surface area contributed by atoms with Crippen molar-refractivity contribution in [2.45, 2.75) is 45.1 Å². The number of nitrogens with one attached hydrogen (secondary N) is 1. The van der Waals surface area contributed by atoms with Gasteiger partial charge in [0.1, 0.15) is 0 Å². The fraction of sp³-hybridized carbons (Fsp3) is 0.625. The molecule has 0 amide bonds. The highest BCUT2D eigenvalue weighted by atomic mass is 14.9. The molecule has 1 aromatic carbocycles. The summed E-state index contributed by atoms with van der Waals surface area (Å²) >= 11 is 0. The Bertz CT molecular complexity index is 421. The van der Waals surface area contributed by atoms with Gasteiger partial charge in [-0.15, -0.1) is 0 Å². The summed E-state index contributed by atoms with van der Waals surface area (Å²) < 4.78 is 0. The van der Waals surface area contributed by atoms with Crippen LogP contribution in [0.5, 0.6) is 0 Å². The topological polar surface area (TPSA) is 12.0 Å². The number of benzene rings is 1. The standard InChI is InChI=1S/C16H23N/c1-16(2)10-14(16)15(17-3)9-12-8-11-6-4-5-7-13(11)12/h4-7,12,14-15,17H,8-10H2,1-3H3. The van der Waals surface area contributed by atoms with Gasteiger partial charge in [0.25, 0.3) is 0 Å². The molecule has 1 fully saturated rings. The fourth-order valence-corrected chi connectivity index (χ4v) is 3.56. The van der Waals surface area contributed by atoms with Crippen molar-refractivity contribution >= 4 is 0 Å². The normalized spacial score (nSPS) is 30.3. The molecule has 0 spiro atoms. The highest BCUT2D eigenvalue weighted by Crippen LogP contribution is 2.55. The predicted octanol–water partition coefficient (Wildman–Crippen LogP) is 3.35. The Morgan fingerprint density at radius 1 is 1.35 bits per heavy atom. The van der Waals surface area contributed by atoms with E-state index in [2.05, 4.69) is 50.5 Å². The lowest BCUT2D eigenvalue weighted by Gasteiger charge is -2.33. The van der Waals surface area contributed by atoms with Crippen molar-refractivity contribution in [3.05, 3.63) is 35.4 Å². The van der Waals surface area contributed by atoms with Gasteiger partial charge in [-0.05, 0) is 54.7 Å². The van der Waals surface area contributed by atoms with Crippen LogP contribution in [0.3, 0.4) is 0 Å². The van der Waals surface area contributed by atoms with Crippen LogP contribution in [0, 0.1) is 11.3 Å². The second-order valence-electron chi connectivity index (χ2n) is 6.53. The van der Waals surface area contributed by atoms with Gasteiger partial charge < -0.3 is 5.32 Å². The Morgan fingerprint density at radius 3 is 2.65 bits per heavy atom. The van der Waals surface area contributed by atoms with E-state index in [1.54, 1.807) is 11.1 Å². The van der Waals surface area contributed by atoms with Gasteiger partial charge >= 0.3 is 0 Å². The first kappa shape index (κ1) is 11.3.